The maximum atomic E-state index is 13.2. The molecule has 0 aliphatic heterocycles. The Morgan fingerprint density at radius 1 is 0.957 bits per heavy atom. The number of hydrogen-bond acceptors (Lipinski definition) is 3. The highest BCUT2D eigenvalue weighted by Gasteiger charge is 2.17. The summed E-state index contributed by atoms with van der Waals surface area (Å²) in [4.78, 5) is 11.6. The predicted molar refractivity (Wildman–Crippen MR) is 87.1 cm³/mol. The molecule has 4 heteroatoms. The lowest BCUT2D eigenvalue weighted by molar-refractivity contribution is 0.558. The van der Waals surface area contributed by atoms with E-state index >= 15 is 0 Å². The second-order valence-electron chi connectivity index (χ2n) is 5.68. The first kappa shape index (κ1) is 13.8. The Kier molecular flexibility index (Phi) is 2.88. The van der Waals surface area contributed by atoms with Gasteiger partial charge >= 0.3 is 5.63 Å². The lowest BCUT2D eigenvalue weighted by Gasteiger charge is -2.05. The summed E-state index contributed by atoms with van der Waals surface area (Å²) in [6.07, 6.45) is 1.66. The molecule has 2 aromatic heterocycles. The minimum atomic E-state index is -0.376. The summed E-state index contributed by atoms with van der Waals surface area (Å²) in [6.45, 7) is 3.79. The van der Waals surface area contributed by atoms with Gasteiger partial charge in [0.15, 0.2) is 0 Å². The van der Waals surface area contributed by atoms with Crippen molar-refractivity contribution in [2.75, 3.05) is 0 Å². The van der Waals surface area contributed by atoms with Crippen LogP contribution < -0.4 is 5.63 Å². The lowest BCUT2D eigenvalue weighted by atomic mass is 9.98. The summed E-state index contributed by atoms with van der Waals surface area (Å²) in [7, 11) is 0. The largest absolute Gasteiger partial charge is 0.463 e. The number of rotatable bonds is 1. The number of furan rings is 1. The highest BCUT2D eigenvalue weighted by molar-refractivity contribution is 6.10. The topological polar surface area (TPSA) is 43.4 Å². The van der Waals surface area contributed by atoms with Crippen molar-refractivity contribution in [3.8, 4) is 11.1 Å². The van der Waals surface area contributed by atoms with Crippen molar-refractivity contribution in [2.45, 2.75) is 13.8 Å². The molecule has 0 saturated carbocycles. The third kappa shape index (κ3) is 2.06. The first-order valence-electron chi connectivity index (χ1n) is 7.26. The first-order valence-corrected chi connectivity index (χ1v) is 7.26. The summed E-state index contributed by atoms with van der Waals surface area (Å²) >= 11 is 0. The summed E-state index contributed by atoms with van der Waals surface area (Å²) in [5, 5.41) is 1.74. The number of aryl methyl sites for hydroxylation is 2. The Balaban J connectivity index is 2.12. The van der Waals surface area contributed by atoms with E-state index in [1.165, 1.54) is 18.2 Å². The van der Waals surface area contributed by atoms with Crippen LogP contribution in [-0.4, -0.2) is 0 Å². The predicted octanol–water partition coefficient (Wildman–Crippen LogP) is 4.96. The van der Waals surface area contributed by atoms with Crippen LogP contribution in [0, 0.1) is 19.7 Å². The molecule has 0 aliphatic carbocycles. The van der Waals surface area contributed by atoms with Crippen LogP contribution in [0.15, 0.2) is 56.3 Å². The van der Waals surface area contributed by atoms with Crippen LogP contribution >= 0.6 is 0 Å². The molecule has 0 saturated heterocycles. The number of benzene rings is 2. The van der Waals surface area contributed by atoms with E-state index in [1.807, 2.05) is 19.9 Å². The van der Waals surface area contributed by atoms with Gasteiger partial charge in [0.1, 0.15) is 17.0 Å². The van der Waals surface area contributed by atoms with E-state index < -0.39 is 0 Å². The number of halogens is 1. The molecule has 0 N–H and O–H groups in total. The highest BCUT2D eigenvalue weighted by atomic mass is 19.1. The van der Waals surface area contributed by atoms with E-state index in [2.05, 4.69) is 0 Å². The van der Waals surface area contributed by atoms with Crippen molar-refractivity contribution < 1.29 is 13.2 Å². The Bertz CT molecular complexity index is 1100. The van der Waals surface area contributed by atoms with Gasteiger partial charge in [0.05, 0.1) is 11.6 Å². The molecule has 0 atom stereocenters. The van der Waals surface area contributed by atoms with Crippen molar-refractivity contribution in [1.29, 1.82) is 0 Å². The molecule has 2 heterocycles. The average molecular weight is 308 g/mol. The second kappa shape index (κ2) is 4.81. The van der Waals surface area contributed by atoms with E-state index in [0.29, 0.717) is 11.2 Å². The molecule has 0 bridgehead atoms. The molecule has 0 spiro atoms. The molecule has 0 amide bonds. The van der Waals surface area contributed by atoms with Gasteiger partial charge in [0.2, 0.25) is 0 Å². The molecule has 4 rings (SSSR count). The van der Waals surface area contributed by atoms with Gasteiger partial charge in [-0.15, -0.1) is 0 Å². The summed E-state index contributed by atoms with van der Waals surface area (Å²) in [5.41, 5.74) is 4.34. The fourth-order valence-electron chi connectivity index (χ4n) is 3.07. The van der Waals surface area contributed by atoms with Crippen LogP contribution in [0.1, 0.15) is 11.1 Å². The number of hydrogen-bond donors (Lipinski definition) is 0. The quantitative estimate of drug-likeness (QED) is 0.467. The third-order valence-electron chi connectivity index (χ3n) is 4.10. The van der Waals surface area contributed by atoms with E-state index in [1.54, 1.807) is 18.4 Å². The zero-order valence-corrected chi connectivity index (χ0v) is 12.6. The maximum absolute atomic E-state index is 13.2. The van der Waals surface area contributed by atoms with Crippen LogP contribution in [0.4, 0.5) is 4.39 Å². The second-order valence-corrected chi connectivity index (χ2v) is 5.68. The monoisotopic (exact) mass is 308 g/mol. The van der Waals surface area contributed by atoms with Gasteiger partial charge in [-0.05, 0) is 48.7 Å². The van der Waals surface area contributed by atoms with Crippen LogP contribution in [0.3, 0.4) is 0 Å². The highest BCUT2D eigenvalue weighted by Crippen LogP contribution is 2.38. The molecule has 0 fully saturated rings. The van der Waals surface area contributed by atoms with Gasteiger partial charge in [0, 0.05) is 17.0 Å². The van der Waals surface area contributed by atoms with Crippen molar-refractivity contribution >= 4 is 21.9 Å². The molecule has 0 aliphatic rings. The van der Waals surface area contributed by atoms with Crippen LogP contribution in [0.25, 0.3) is 33.1 Å². The summed E-state index contributed by atoms with van der Waals surface area (Å²) in [5.74, 6) is -0.277. The molecule has 23 heavy (non-hydrogen) atoms. The standard InChI is InChI=1S/C19H13FO3/c1-10-7-15-18(11(2)8-16(21)23-15)19-17(10)14(9-22-19)12-3-5-13(20)6-4-12/h3-9H,1-2H3. The van der Waals surface area contributed by atoms with E-state index in [9.17, 15) is 9.18 Å². The van der Waals surface area contributed by atoms with Crippen molar-refractivity contribution in [3.63, 3.8) is 0 Å². The van der Waals surface area contributed by atoms with Gasteiger partial charge in [-0.1, -0.05) is 12.1 Å². The zero-order valence-electron chi connectivity index (χ0n) is 12.6. The fraction of sp³-hybridized carbons (Fsp3) is 0.105. The van der Waals surface area contributed by atoms with Gasteiger partial charge in [-0.2, -0.15) is 0 Å². The molecular formula is C19H13FO3. The zero-order chi connectivity index (χ0) is 16.1. The molecule has 3 nitrogen and oxygen atoms in total. The fourth-order valence-corrected chi connectivity index (χ4v) is 3.07. The molecule has 4 aromatic rings. The Morgan fingerprint density at radius 2 is 1.65 bits per heavy atom. The minimum absolute atomic E-state index is 0.277. The SMILES string of the molecule is Cc1cc2oc(=O)cc(C)c2c2occ(-c3ccc(F)cc3)c12. The van der Waals surface area contributed by atoms with Crippen LogP contribution in [-0.2, 0) is 0 Å². The van der Waals surface area contributed by atoms with Crippen molar-refractivity contribution in [2.24, 2.45) is 0 Å². The molecule has 114 valence electrons. The molecular weight excluding hydrogens is 295 g/mol. The minimum Gasteiger partial charge on any atom is -0.463 e. The van der Waals surface area contributed by atoms with Crippen molar-refractivity contribution in [1.82, 2.24) is 0 Å². The van der Waals surface area contributed by atoms with Crippen LogP contribution in [0.5, 0.6) is 0 Å². The van der Waals surface area contributed by atoms with Gasteiger partial charge in [0.25, 0.3) is 0 Å². The van der Waals surface area contributed by atoms with Gasteiger partial charge in [-0.25, -0.2) is 9.18 Å². The smallest absolute Gasteiger partial charge is 0.336 e. The number of fused-ring (bicyclic) bond motifs is 3. The molecule has 0 radical (unpaired) electrons. The van der Waals surface area contributed by atoms with E-state index in [-0.39, 0.29) is 11.4 Å². The Morgan fingerprint density at radius 3 is 2.39 bits per heavy atom. The average Bonchev–Trinajstić information content (AvgIpc) is 2.92. The van der Waals surface area contributed by atoms with Crippen LogP contribution in [0.2, 0.25) is 0 Å². The van der Waals surface area contributed by atoms with E-state index in [4.69, 9.17) is 8.83 Å². The Labute approximate surface area is 131 Å². The lowest BCUT2D eigenvalue weighted by Crippen LogP contribution is -1.98. The molecule has 0 unspecified atom stereocenters. The van der Waals surface area contributed by atoms with Crippen molar-refractivity contribution in [3.05, 3.63) is 70.0 Å². The maximum Gasteiger partial charge on any atom is 0.336 e. The van der Waals surface area contributed by atoms with E-state index in [0.717, 1.165) is 33.0 Å². The first-order chi connectivity index (χ1) is 11.0. The normalized spacial score (nSPS) is 11.4. The van der Waals surface area contributed by atoms with Gasteiger partial charge in [-0.3, -0.25) is 0 Å². The third-order valence-corrected chi connectivity index (χ3v) is 4.10. The Hall–Kier alpha value is -2.88. The molecule has 2 aromatic carbocycles. The summed E-state index contributed by atoms with van der Waals surface area (Å²) < 4.78 is 24.2. The van der Waals surface area contributed by atoms with Gasteiger partial charge < -0.3 is 8.83 Å². The summed E-state index contributed by atoms with van der Waals surface area (Å²) in [6, 6.07) is 9.60.